The molecule has 7 rings (SSSR count). The second kappa shape index (κ2) is 11.6. The molecule has 3 saturated carbocycles. The number of alkyl halides is 1. The van der Waals surface area contributed by atoms with Gasteiger partial charge in [0.05, 0.1) is 49.1 Å². The second-order valence-corrected chi connectivity index (χ2v) is 13.5. The fraction of sp³-hybridized carbons (Fsp3) is 0.871. The number of ether oxygens (including phenoxy) is 2. The molecule has 9 atom stereocenters. The lowest BCUT2D eigenvalue weighted by Crippen LogP contribution is -2.73. The number of rotatable bonds is 5. The highest BCUT2D eigenvalue weighted by atomic mass is 19.1. The summed E-state index contributed by atoms with van der Waals surface area (Å²) in [7, 11) is 0. The van der Waals surface area contributed by atoms with Crippen molar-refractivity contribution in [3.8, 4) is 0 Å². The number of halogens is 1. The van der Waals surface area contributed by atoms with Crippen LogP contribution in [-0.2, 0) is 19.1 Å². The molecule has 3 aliphatic carbocycles. The van der Waals surface area contributed by atoms with Crippen molar-refractivity contribution in [2.24, 2.45) is 17.8 Å². The van der Waals surface area contributed by atoms with Gasteiger partial charge in [-0.2, -0.15) is 0 Å². The van der Waals surface area contributed by atoms with E-state index in [0.29, 0.717) is 38.1 Å². The maximum atomic E-state index is 16.1. The van der Waals surface area contributed by atoms with Crippen molar-refractivity contribution in [2.75, 3.05) is 52.5 Å². The van der Waals surface area contributed by atoms with Crippen LogP contribution in [0.5, 0.6) is 0 Å². The SMILES string of the molecule is O=C1C(C(=O)N2CCOCC2)=CN2C3CC4CCCCC4CC3OC3C(NCCN4CCCCC4)C(F)CC1C32. The lowest BCUT2D eigenvalue weighted by Gasteiger charge is -2.61. The number of carbonyl (C=O) groups is 2. The third-order valence-corrected chi connectivity index (χ3v) is 11.3. The van der Waals surface area contributed by atoms with Crippen LogP contribution in [0.15, 0.2) is 11.8 Å². The number of morpholine rings is 2. The average Bonchev–Trinajstić information content (AvgIpc) is 2.99. The quantitative estimate of drug-likeness (QED) is 0.520. The normalized spacial score (nSPS) is 42.0. The highest BCUT2D eigenvalue weighted by Gasteiger charge is 2.59. The van der Waals surface area contributed by atoms with Gasteiger partial charge in [0.25, 0.3) is 5.91 Å². The second-order valence-electron chi connectivity index (χ2n) is 13.5. The van der Waals surface area contributed by atoms with Gasteiger partial charge in [-0.1, -0.05) is 32.1 Å². The Morgan fingerprint density at radius 3 is 2.50 bits per heavy atom. The van der Waals surface area contributed by atoms with Crippen LogP contribution in [0, 0.1) is 17.8 Å². The first-order valence-electron chi connectivity index (χ1n) is 16.2. The monoisotopic (exact) mass is 558 g/mol. The Hall–Kier alpha value is -1.55. The number of hydrogen-bond acceptors (Lipinski definition) is 7. The lowest BCUT2D eigenvalue weighted by molar-refractivity contribution is -0.208. The van der Waals surface area contributed by atoms with Gasteiger partial charge >= 0.3 is 0 Å². The fourth-order valence-corrected chi connectivity index (χ4v) is 9.19. The van der Waals surface area contributed by atoms with Crippen LogP contribution < -0.4 is 5.32 Å². The first-order chi connectivity index (χ1) is 19.6. The summed E-state index contributed by atoms with van der Waals surface area (Å²) < 4.78 is 28.4. The molecule has 9 unspecified atom stereocenters. The average molecular weight is 559 g/mol. The Labute approximate surface area is 238 Å². The summed E-state index contributed by atoms with van der Waals surface area (Å²) in [6.45, 7) is 5.85. The highest BCUT2D eigenvalue weighted by Crippen LogP contribution is 2.50. The molecule has 1 amide bonds. The summed E-state index contributed by atoms with van der Waals surface area (Å²) in [5.41, 5.74) is 0.247. The van der Waals surface area contributed by atoms with E-state index in [1.807, 2.05) is 6.20 Å². The van der Waals surface area contributed by atoms with E-state index in [2.05, 4.69) is 15.1 Å². The van der Waals surface area contributed by atoms with E-state index in [0.717, 1.165) is 39.0 Å². The molecule has 0 aromatic rings. The zero-order valence-electron chi connectivity index (χ0n) is 23.9. The number of ketones is 1. The summed E-state index contributed by atoms with van der Waals surface area (Å²) in [4.78, 5) is 34.1. The first-order valence-corrected chi connectivity index (χ1v) is 16.2. The summed E-state index contributed by atoms with van der Waals surface area (Å²) in [5.74, 6) is 0.395. The Balaban J connectivity index is 1.17. The Morgan fingerprint density at radius 1 is 0.975 bits per heavy atom. The lowest BCUT2D eigenvalue weighted by atomic mass is 9.65. The van der Waals surface area contributed by atoms with Crippen molar-refractivity contribution in [1.82, 2.24) is 20.0 Å². The maximum absolute atomic E-state index is 16.1. The molecule has 6 fully saturated rings. The number of likely N-dealkylation sites (tertiary alicyclic amines) is 1. The minimum atomic E-state index is -1.18. The molecule has 4 aliphatic heterocycles. The molecule has 0 radical (unpaired) electrons. The highest BCUT2D eigenvalue weighted by molar-refractivity contribution is 6.20. The van der Waals surface area contributed by atoms with Gasteiger partial charge < -0.3 is 29.5 Å². The standard InChI is InChI=1S/C31H47FN4O4/c32-24-18-22-28-30(27(24)33-8-11-34-9-4-1-5-10-34)40-26-17-21-7-3-2-6-20(21)16-25(26)36(28)19-23(29(22)37)31(38)35-12-14-39-15-13-35/h19-22,24-28,30,33H,1-18H2. The predicted octanol–water partition coefficient (Wildman–Crippen LogP) is 2.52. The molecule has 0 aromatic carbocycles. The largest absolute Gasteiger partial charge is 0.378 e. The van der Waals surface area contributed by atoms with E-state index in [4.69, 9.17) is 9.47 Å². The van der Waals surface area contributed by atoms with Crippen LogP contribution in [-0.4, -0.2) is 115 Å². The van der Waals surface area contributed by atoms with Gasteiger partial charge in [-0.25, -0.2) is 4.39 Å². The molecular formula is C31H47FN4O4. The van der Waals surface area contributed by atoms with E-state index in [1.165, 1.54) is 44.9 Å². The molecular weight excluding hydrogens is 511 g/mol. The molecule has 3 saturated heterocycles. The van der Waals surface area contributed by atoms with Crippen LogP contribution in [0.3, 0.4) is 0 Å². The number of Topliss-reactive ketones (excluding diaryl/α,β-unsaturated/α-hetero) is 1. The van der Waals surface area contributed by atoms with Crippen molar-refractivity contribution in [3.63, 3.8) is 0 Å². The van der Waals surface area contributed by atoms with E-state index in [-0.39, 0.29) is 41.9 Å². The van der Waals surface area contributed by atoms with E-state index in [1.54, 1.807) is 4.90 Å². The van der Waals surface area contributed by atoms with Crippen molar-refractivity contribution in [1.29, 1.82) is 0 Å². The molecule has 40 heavy (non-hydrogen) atoms. The number of fused-ring (bicyclic) bond motifs is 3. The number of amides is 1. The molecule has 0 spiro atoms. The molecule has 4 heterocycles. The Kier molecular flexibility index (Phi) is 7.93. The van der Waals surface area contributed by atoms with Gasteiger partial charge in [0.2, 0.25) is 0 Å². The summed E-state index contributed by atoms with van der Waals surface area (Å²) >= 11 is 0. The number of nitrogens with zero attached hydrogens (tertiary/aromatic N) is 3. The van der Waals surface area contributed by atoms with Gasteiger partial charge in [-0.3, -0.25) is 9.59 Å². The van der Waals surface area contributed by atoms with Gasteiger partial charge in [0.1, 0.15) is 6.17 Å². The van der Waals surface area contributed by atoms with E-state index in [9.17, 15) is 9.59 Å². The van der Waals surface area contributed by atoms with Gasteiger partial charge in [-0.05, 0) is 57.0 Å². The van der Waals surface area contributed by atoms with E-state index < -0.39 is 24.2 Å². The zero-order chi connectivity index (χ0) is 27.2. The Bertz CT molecular complexity index is 982. The van der Waals surface area contributed by atoms with Crippen LogP contribution >= 0.6 is 0 Å². The summed E-state index contributed by atoms with van der Waals surface area (Å²) in [6.07, 6.45) is 11.4. The molecule has 7 aliphatic rings. The number of piperidine rings is 1. The Morgan fingerprint density at radius 2 is 1.73 bits per heavy atom. The third kappa shape index (κ3) is 5.03. The van der Waals surface area contributed by atoms with Gasteiger partial charge in [0, 0.05) is 38.3 Å². The van der Waals surface area contributed by atoms with Crippen LogP contribution in [0.1, 0.15) is 64.2 Å². The van der Waals surface area contributed by atoms with Crippen LogP contribution in [0.25, 0.3) is 0 Å². The number of hydrogen-bond donors (Lipinski definition) is 1. The van der Waals surface area contributed by atoms with Crippen molar-refractivity contribution < 1.29 is 23.5 Å². The zero-order valence-corrected chi connectivity index (χ0v) is 23.9. The fourth-order valence-electron chi connectivity index (χ4n) is 9.19. The van der Waals surface area contributed by atoms with Gasteiger partial charge in [0.15, 0.2) is 5.78 Å². The minimum absolute atomic E-state index is 0.0159. The molecule has 222 valence electrons. The maximum Gasteiger partial charge on any atom is 0.259 e. The number of nitrogens with one attached hydrogen (secondary N) is 1. The van der Waals surface area contributed by atoms with Gasteiger partial charge in [-0.15, -0.1) is 0 Å². The van der Waals surface area contributed by atoms with Crippen molar-refractivity contribution in [3.05, 3.63) is 11.8 Å². The predicted molar refractivity (Wildman–Crippen MR) is 148 cm³/mol. The molecule has 1 N–H and O–H groups in total. The van der Waals surface area contributed by atoms with Crippen molar-refractivity contribution >= 4 is 11.7 Å². The van der Waals surface area contributed by atoms with E-state index >= 15 is 4.39 Å². The summed E-state index contributed by atoms with van der Waals surface area (Å²) in [5, 5.41) is 3.57. The smallest absolute Gasteiger partial charge is 0.259 e. The molecule has 8 nitrogen and oxygen atoms in total. The first kappa shape index (κ1) is 27.3. The minimum Gasteiger partial charge on any atom is -0.378 e. The van der Waals surface area contributed by atoms with Crippen molar-refractivity contribution in [2.45, 2.75) is 101 Å². The topological polar surface area (TPSA) is 74.3 Å². The third-order valence-electron chi connectivity index (χ3n) is 11.3. The van der Waals surface area contributed by atoms with Crippen LogP contribution in [0.2, 0.25) is 0 Å². The molecule has 9 heteroatoms. The van der Waals surface area contributed by atoms with Crippen LogP contribution in [0.4, 0.5) is 4.39 Å². The molecule has 0 aromatic heterocycles. The number of carbonyl (C=O) groups excluding carboxylic acids is 2. The molecule has 0 bridgehead atoms. The summed E-state index contributed by atoms with van der Waals surface area (Å²) in [6, 6.07) is -0.500.